The summed E-state index contributed by atoms with van der Waals surface area (Å²) < 4.78 is 0. The number of aliphatic carboxylic acids is 1. The van der Waals surface area contributed by atoms with Crippen molar-refractivity contribution in [2.24, 2.45) is 11.3 Å². The average Bonchev–Trinajstić information content (AvgIpc) is 3.19. The van der Waals surface area contributed by atoms with Gasteiger partial charge in [-0.15, -0.1) is 0 Å². The van der Waals surface area contributed by atoms with Crippen LogP contribution in [0, 0.1) is 11.3 Å². The number of carboxylic acid groups (broad SMARTS) is 1. The van der Waals surface area contributed by atoms with Crippen LogP contribution in [0.5, 0.6) is 0 Å². The van der Waals surface area contributed by atoms with Gasteiger partial charge in [0.1, 0.15) is 5.92 Å². The van der Waals surface area contributed by atoms with E-state index in [4.69, 9.17) is 0 Å². The summed E-state index contributed by atoms with van der Waals surface area (Å²) >= 11 is 0. The smallest absolute Gasteiger partial charge is 0.311 e. The molecule has 2 atom stereocenters. The van der Waals surface area contributed by atoms with Crippen LogP contribution >= 0.6 is 0 Å². The summed E-state index contributed by atoms with van der Waals surface area (Å²) in [6, 6.07) is 7.89. The van der Waals surface area contributed by atoms with E-state index in [9.17, 15) is 19.5 Å². The van der Waals surface area contributed by atoms with Crippen LogP contribution < -0.4 is 4.90 Å². The molecule has 0 aliphatic carbocycles. The lowest BCUT2D eigenvalue weighted by Crippen LogP contribution is -2.41. The number of hydrogen-bond donors (Lipinski definition) is 1. The van der Waals surface area contributed by atoms with Crippen molar-refractivity contribution in [1.29, 1.82) is 0 Å². The van der Waals surface area contributed by atoms with Gasteiger partial charge in [0.25, 0.3) is 0 Å². The number of carboxylic acids is 1. The van der Waals surface area contributed by atoms with Crippen LogP contribution in [0.15, 0.2) is 24.3 Å². The van der Waals surface area contributed by atoms with Crippen molar-refractivity contribution >= 4 is 23.5 Å². The maximum absolute atomic E-state index is 12.8. The van der Waals surface area contributed by atoms with E-state index in [0.717, 1.165) is 5.69 Å². The first kappa shape index (κ1) is 18.4. The van der Waals surface area contributed by atoms with Crippen molar-refractivity contribution in [3.8, 4) is 0 Å². The van der Waals surface area contributed by atoms with Gasteiger partial charge in [-0.3, -0.25) is 14.4 Å². The minimum absolute atomic E-state index is 0.175. The van der Waals surface area contributed by atoms with E-state index in [1.165, 1.54) is 5.56 Å². The molecule has 2 fully saturated rings. The second-order valence-electron chi connectivity index (χ2n) is 7.95. The highest BCUT2D eigenvalue weighted by Gasteiger charge is 2.46. The summed E-state index contributed by atoms with van der Waals surface area (Å²) in [4.78, 5) is 40.1. The third-order valence-corrected chi connectivity index (χ3v) is 5.68. The molecular formula is C20H26N2O4. The molecule has 1 aromatic carbocycles. The SMILES string of the molecule is CC(C)c1ccc(N2CCC(C(=O)N3CCC(C)(C(=O)O)C3)C2=O)cc1. The molecule has 2 heterocycles. The molecule has 0 radical (unpaired) electrons. The molecule has 2 aliphatic heterocycles. The Labute approximate surface area is 153 Å². The molecule has 1 N–H and O–H groups in total. The highest BCUT2D eigenvalue weighted by atomic mass is 16.4. The van der Waals surface area contributed by atoms with E-state index in [2.05, 4.69) is 13.8 Å². The number of amides is 2. The molecule has 2 aliphatic rings. The lowest BCUT2D eigenvalue weighted by molar-refractivity contribution is -0.147. The first-order chi connectivity index (χ1) is 12.2. The van der Waals surface area contributed by atoms with Gasteiger partial charge in [0.2, 0.25) is 11.8 Å². The third kappa shape index (κ3) is 3.20. The molecule has 6 heteroatoms. The Balaban J connectivity index is 1.69. The van der Waals surface area contributed by atoms with Gasteiger partial charge in [-0.05, 0) is 43.4 Å². The molecule has 2 amide bonds. The molecular weight excluding hydrogens is 332 g/mol. The zero-order valence-corrected chi connectivity index (χ0v) is 15.6. The van der Waals surface area contributed by atoms with Crippen LogP contribution in [0.1, 0.15) is 45.1 Å². The maximum atomic E-state index is 12.8. The normalized spacial score (nSPS) is 26.0. The number of anilines is 1. The van der Waals surface area contributed by atoms with E-state index in [0.29, 0.717) is 31.8 Å². The number of carbonyl (C=O) groups is 3. The van der Waals surface area contributed by atoms with Crippen LogP contribution in [0.25, 0.3) is 0 Å². The monoisotopic (exact) mass is 358 g/mol. The zero-order chi connectivity index (χ0) is 19.1. The minimum Gasteiger partial charge on any atom is -0.481 e. The number of benzene rings is 1. The molecule has 1 aromatic rings. The molecule has 140 valence electrons. The molecule has 6 nitrogen and oxygen atoms in total. The molecule has 3 rings (SSSR count). The third-order valence-electron chi connectivity index (χ3n) is 5.68. The second kappa shape index (κ2) is 6.74. The summed E-state index contributed by atoms with van der Waals surface area (Å²) in [6.45, 7) is 6.97. The van der Waals surface area contributed by atoms with Gasteiger partial charge in [-0.1, -0.05) is 26.0 Å². The van der Waals surface area contributed by atoms with Gasteiger partial charge < -0.3 is 14.9 Å². The van der Waals surface area contributed by atoms with Crippen LogP contribution in [0.2, 0.25) is 0 Å². The van der Waals surface area contributed by atoms with Crippen LogP contribution in [-0.4, -0.2) is 47.4 Å². The number of rotatable bonds is 4. The van der Waals surface area contributed by atoms with Gasteiger partial charge >= 0.3 is 5.97 Å². The maximum Gasteiger partial charge on any atom is 0.311 e. The standard InChI is InChI=1S/C20H26N2O4/c1-13(2)14-4-6-15(7-5-14)22-10-8-16(18(22)24)17(23)21-11-9-20(3,12-21)19(25)26/h4-7,13,16H,8-12H2,1-3H3,(H,25,26). The number of carbonyl (C=O) groups excluding carboxylic acids is 2. The fourth-order valence-electron chi connectivity index (χ4n) is 3.75. The Hall–Kier alpha value is -2.37. The summed E-state index contributed by atoms with van der Waals surface area (Å²) in [5.74, 6) is -1.59. The van der Waals surface area contributed by atoms with Crippen molar-refractivity contribution < 1.29 is 19.5 Å². The molecule has 0 spiro atoms. The molecule has 2 saturated heterocycles. The topological polar surface area (TPSA) is 77.9 Å². The first-order valence-electron chi connectivity index (χ1n) is 9.16. The van der Waals surface area contributed by atoms with E-state index < -0.39 is 17.3 Å². The summed E-state index contributed by atoms with van der Waals surface area (Å²) in [7, 11) is 0. The number of nitrogens with zero attached hydrogens (tertiary/aromatic N) is 2. The molecule has 26 heavy (non-hydrogen) atoms. The van der Waals surface area contributed by atoms with Crippen LogP contribution in [0.3, 0.4) is 0 Å². The van der Waals surface area contributed by atoms with Crippen molar-refractivity contribution in [3.63, 3.8) is 0 Å². The second-order valence-corrected chi connectivity index (χ2v) is 7.95. The summed E-state index contributed by atoms with van der Waals surface area (Å²) in [5.41, 5.74) is 1.11. The van der Waals surface area contributed by atoms with Crippen LogP contribution in [0.4, 0.5) is 5.69 Å². The fourth-order valence-corrected chi connectivity index (χ4v) is 3.75. The Morgan fingerprint density at radius 1 is 1.19 bits per heavy atom. The van der Waals surface area contributed by atoms with Gasteiger partial charge in [-0.25, -0.2) is 0 Å². The quantitative estimate of drug-likeness (QED) is 0.839. The number of likely N-dealkylation sites (tertiary alicyclic amines) is 1. The highest BCUT2D eigenvalue weighted by Crippen LogP contribution is 2.33. The molecule has 0 aromatic heterocycles. The molecule has 2 unspecified atom stereocenters. The van der Waals surface area contributed by atoms with E-state index in [-0.39, 0.29) is 18.4 Å². The van der Waals surface area contributed by atoms with E-state index in [1.807, 2.05) is 24.3 Å². The van der Waals surface area contributed by atoms with Crippen LogP contribution in [-0.2, 0) is 14.4 Å². The predicted molar refractivity (Wildman–Crippen MR) is 97.9 cm³/mol. The van der Waals surface area contributed by atoms with E-state index >= 15 is 0 Å². The minimum atomic E-state index is -0.913. The lowest BCUT2D eigenvalue weighted by Gasteiger charge is -2.23. The fraction of sp³-hybridized carbons (Fsp3) is 0.550. The largest absolute Gasteiger partial charge is 0.481 e. The Bertz CT molecular complexity index is 728. The van der Waals surface area contributed by atoms with Gasteiger partial charge in [0.05, 0.1) is 5.41 Å². The predicted octanol–water partition coefficient (Wildman–Crippen LogP) is 2.49. The molecule has 0 bridgehead atoms. The zero-order valence-electron chi connectivity index (χ0n) is 15.6. The van der Waals surface area contributed by atoms with Crippen molar-refractivity contribution in [1.82, 2.24) is 4.90 Å². The Kier molecular flexibility index (Phi) is 4.78. The van der Waals surface area contributed by atoms with Gasteiger partial charge in [0, 0.05) is 25.3 Å². The van der Waals surface area contributed by atoms with Crippen molar-refractivity contribution in [3.05, 3.63) is 29.8 Å². The number of hydrogen-bond acceptors (Lipinski definition) is 3. The lowest BCUT2D eigenvalue weighted by atomic mass is 9.90. The van der Waals surface area contributed by atoms with E-state index in [1.54, 1.807) is 16.7 Å². The van der Waals surface area contributed by atoms with Gasteiger partial charge in [-0.2, -0.15) is 0 Å². The first-order valence-corrected chi connectivity index (χ1v) is 9.16. The average molecular weight is 358 g/mol. The Morgan fingerprint density at radius 2 is 1.85 bits per heavy atom. The molecule has 0 saturated carbocycles. The van der Waals surface area contributed by atoms with Gasteiger partial charge in [0.15, 0.2) is 0 Å². The van der Waals surface area contributed by atoms with Crippen molar-refractivity contribution in [2.45, 2.75) is 39.5 Å². The summed E-state index contributed by atoms with van der Waals surface area (Å²) in [5, 5.41) is 9.33. The summed E-state index contributed by atoms with van der Waals surface area (Å²) in [6.07, 6.45) is 0.902. The van der Waals surface area contributed by atoms with Crippen molar-refractivity contribution in [2.75, 3.05) is 24.5 Å². The highest BCUT2D eigenvalue weighted by molar-refractivity contribution is 6.09. The Morgan fingerprint density at radius 3 is 2.38 bits per heavy atom.